The molecule has 0 aliphatic heterocycles. The summed E-state index contributed by atoms with van der Waals surface area (Å²) in [6.45, 7) is 0. The molecule has 2 rings (SSSR count). The lowest BCUT2D eigenvalue weighted by atomic mass is 10.6. The zero-order valence-electron chi connectivity index (χ0n) is 7.68. The molecule has 0 aliphatic carbocycles. The highest BCUT2D eigenvalue weighted by atomic mass is 35.5. The second-order valence-electron chi connectivity index (χ2n) is 2.70. The number of halogens is 1. The molecule has 0 aromatic carbocycles. The Balaban J connectivity index is 2.20. The van der Waals surface area contributed by atoms with Crippen LogP contribution in [-0.2, 0) is 7.05 Å². The second-order valence-corrected chi connectivity index (χ2v) is 4.06. The van der Waals surface area contributed by atoms with Crippen LogP contribution in [0.2, 0.25) is 5.15 Å². The molecular weight excluding hydrogens is 238 g/mol. The van der Waals surface area contributed by atoms with Gasteiger partial charge in [-0.2, -0.15) is 10.1 Å². The Bertz CT molecular complexity index is 494. The Kier molecular flexibility index (Phi) is 2.70. The molecule has 2 heterocycles. The van der Waals surface area contributed by atoms with Crippen molar-refractivity contribution in [1.82, 2.24) is 14.8 Å². The van der Waals surface area contributed by atoms with Crippen LogP contribution in [-0.4, -0.2) is 21.1 Å². The number of carbonyl (C=O) groups excluding carboxylic acids is 1. The molecular formula is C8H6ClN3O2S. The molecule has 0 unspecified atom stereocenters. The first-order valence-electron chi connectivity index (χ1n) is 3.97. The maximum atomic E-state index is 10.5. The zero-order valence-corrected chi connectivity index (χ0v) is 9.25. The van der Waals surface area contributed by atoms with E-state index < -0.39 is 0 Å². The lowest BCUT2D eigenvalue weighted by Gasteiger charge is -1.94. The Morgan fingerprint density at radius 2 is 2.47 bits per heavy atom. The molecule has 0 bridgehead atoms. The number of thiazole rings is 1. The van der Waals surface area contributed by atoms with Gasteiger partial charge in [0.1, 0.15) is 4.88 Å². The Hall–Kier alpha value is -1.40. The normalized spacial score (nSPS) is 10.3. The van der Waals surface area contributed by atoms with Crippen LogP contribution in [0, 0.1) is 0 Å². The predicted octanol–water partition coefficient (Wildman–Crippen LogP) is 2.13. The van der Waals surface area contributed by atoms with Crippen LogP contribution in [0.3, 0.4) is 0 Å². The SMILES string of the molecule is Cn1cc(Oc2nc(Cl)c(C=O)s2)cn1. The molecule has 0 saturated carbocycles. The predicted molar refractivity (Wildman–Crippen MR) is 55.8 cm³/mol. The van der Waals surface area contributed by atoms with Gasteiger partial charge in [-0.15, -0.1) is 0 Å². The van der Waals surface area contributed by atoms with Crippen molar-refractivity contribution >= 4 is 29.2 Å². The van der Waals surface area contributed by atoms with Gasteiger partial charge in [0, 0.05) is 7.05 Å². The smallest absolute Gasteiger partial charge is 0.280 e. The molecule has 0 amide bonds. The largest absolute Gasteiger partial charge is 0.427 e. The minimum absolute atomic E-state index is 0.161. The van der Waals surface area contributed by atoms with Gasteiger partial charge < -0.3 is 4.74 Å². The van der Waals surface area contributed by atoms with Crippen LogP contribution in [0.1, 0.15) is 9.67 Å². The van der Waals surface area contributed by atoms with E-state index in [4.69, 9.17) is 16.3 Å². The minimum Gasteiger partial charge on any atom is -0.427 e. The van der Waals surface area contributed by atoms with Gasteiger partial charge in [-0.3, -0.25) is 9.48 Å². The van der Waals surface area contributed by atoms with Crippen molar-refractivity contribution in [3.8, 4) is 10.9 Å². The molecule has 5 nitrogen and oxygen atoms in total. The summed E-state index contributed by atoms with van der Waals surface area (Å²) in [7, 11) is 1.78. The molecule has 7 heteroatoms. The molecule has 0 spiro atoms. The van der Waals surface area contributed by atoms with E-state index in [0.717, 1.165) is 11.3 Å². The van der Waals surface area contributed by atoms with E-state index in [9.17, 15) is 4.79 Å². The van der Waals surface area contributed by atoms with Crippen LogP contribution >= 0.6 is 22.9 Å². The molecule has 0 aliphatic rings. The van der Waals surface area contributed by atoms with Crippen molar-refractivity contribution in [3.05, 3.63) is 22.4 Å². The first-order valence-corrected chi connectivity index (χ1v) is 5.16. The number of aromatic nitrogens is 3. The summed E-state index contributed by atoms with van der Waals surface area (Å²) in [4.78, 5) is 14.7. The molecule has 15 heavy (non-hydrogen) atoms. The average molecular weight is 244 g/mol. The topological polar surface area (TPSA) is 57.0 Å². The number of carbonyl (C=O) groups is 1. The molecule has 0 radical (unpaired) electrons. The number of nitrogens with zero attached hydrogens (tertiary/aromatic N) is 3. The van der Waals surface area contributed by atoms with Crippen molar-refractivity contribution in [1.29, 1.82) is 0 Å². The molecule has 2 aromatic rings. The highest BCUT2D eigenvalue weighted by Gasteiger charge is 2.10. The number of ether oxygens (including phenoxy) is 1. The molecule has 78 valence electrons. The maximum Gasteiger partial charge on any atom is 0.280 e. The van der Waals surface area contributed by atoms with E-state index >= 15 is 0 Å². The molecule has 0 N–H and O–H groups in total. The number of hydrogen-bond acceptors (Lipinski definition) is 5. The third kappa shape index (κ3) is 2.16. The number of aryl methyl sites for hydroxylation is 1. The Morgan fingerprint density at radius 3 is 3.00 bits per heavy atom. The lowest BCUT2D eigenvalue weighted by Crippen LogP contribution is -1.84. The van der Waals surface area contributed by atoms with Crippen molar-refractivity contribution in [3.63, 3.8) is 0 Å². The number of rotatable bonds is 3. The quantitative estimate of drug-likeness (QED) is 0.775. The van der Waals surface area contributed by atoms with E-state index in [-0.39, 0.29) is 5.15 Å². The minimum atomic E-state index is 0.161. The van der Waals surface area contributed by atoms with Crippen molar-refractivity contribution in [2.24, 2.45) is 7.05 Å². The van der Waals surface area contributed by atoms with Crippen molar-refractivity contribution in [2.45, 2.75) is 0 Å². The number of hydrogen-bond donors (Lipinski definition) is 0. The molecule has 0 atom stereocenters. The fourth-order valence-electron chi connectivity index (χ4n) is 0.963. The van der Waals surface area contributed by atoms with Gasteiger partial charge >= 0.3 is 0 Å². The summed E-state index contributed by atoms with van der Waals surface area (Å²) in [5, 5.41) is 4.42. The van der Waals surface area contributed by atoms with Crippen molar-refractivity contribution < 1.29 is 9.53 Å². The van der Waals surface area contributed by atoms with Gasteiger partial charge in [0.05, 0.1) is 12.4 Å². The van der Waals surface area contributed by atoms with Crippen LogP contribution in [0.4, 0.5) is 0 Å². The highest BCUT2D eigenvalue weighted by molar-refractivity contribution is 7.15. The fraction of sp³-hybridized carbons (Fsp3) is 0.125. The van der Waals surface area contributed by atoms with Crippen molar-refractivity contribution in [2.75, 3.05) is 0 Å². The second kappa shape index (κ2) is 4.00. The third-order valence-corrected chi connectivity index (χ3v) is 2.84. The first kappa shape index (κ1) is 10.1. The van der Waals surface area contributed by atoms with Crippen LogP contribution in [0.15, 0.2) is 12.4 Å². The standard InChI is InChI=1S/C8H6ClN3O2S/c1-12-3-5(2-10-12)14-8-11-7(9)6(4-13)15-8/h2-4H,1H3. The zero-order chi connectivity index (χ0) is 10.8. The van der Waals surface area contributed by atoms with E-state index in [1.54, 1.807) is 24.1 Å². The van der Waals surface area contributed by atoms with Gasteiger partial charge in [-0.25, -0.2) is 0 Å². The van der Waals surface area contributed by atoms with Crippen LogP contribution in [0.25, 0.3) is 0 Å². The summed E-state index contributed by atoms with van der Waals surface area (Å²) in [5.41, 5.74) is 0. The van der Waals surface area contributed by atoms with Crippen LogP contribution < -0.4 is 4.74 Å². The Labute approximate surface area is 94.3 Å². The summed E-state index contributed by atoms with van der Waals surface area (Å²) >= 11 is 6.78. The van der Waals surface area contributed by atoms with E-state index in [1.807, 2.05) is 0 Å². The Morgan fingerprint density at radius 1 is 1.67 bits per heavy atom. The molecule has 2 aromatic heterocycles. The van der Waals surface area contributed by atoms with Gasteiger partial charge in [0.15, 0.2) is 17.2 Å². The van der Waals surface area contributed by atoms with Gasteiger partial charge in [0.2, 0.25) is 0 Å². The fourth-order valence-corrected chi connectivity index (χ4v) is 1.89. The lowest BCUT2D eigenvalue weighted by molar-refractivity contribution is 0.112. The number of aldehydes is 1. The molecule has 0 saturated heterocycles. The van der Waals surface area contributed by atoms with Crippen LogP contribution in [0.5, 0.6) is 10.9 Å². The van der Waals surface area contributed by atoms with Gasteiger partial charge in [0.25, 0.3) is 5.19 Å². The highest BCUT2D eigenvalue weighted by Crippen LogP contribution is 2.30. The van der Waals surface area contributed by atoms with E-state index in [2.05, 4.69) is 10.1 Å². The monoisotopic (exact) mass is 243 g/mol. The summed E-state index contributed by atoms with van der Waals surface area (Å²) in [6, 6.07) is 0. The third-order valence-electron chi connectivity index (χ3n) is 1.58. The van der Waals surface area contributed by atoms with Gasteiger partial charge in [-0.05, 0) is 0 Å². The van der Waals surface area contributed by atoms with Gasteiger partial charge in [-0.1, -0.05) is 22.9 Å². The van der Waals surface area contributed by atoms with E-state index in [0.29, 0.717) is 22.1 Å². The summed E-state index contributed by atoms with van der Waals surface area (Å²) < 4.78 is 6.95. The maximum absolute atomic E-state index is 10.5. The summed E-state index contributed by atoms with van der Waals surface area (Å²) in [6.07, 6.45) is 3.89. The summed E-state index contributed by atoms with van der Waals surface area (Å²) in [5.74, 6) is 0.556. The first-order chi connectivity index (χ1) is 7.19. The average Bonchev–Trinajstić information content (AvgIpc) is 2.73. The van der Waals surface area contributed by atoms with E-state index in [1.165, 1.54) is 0 Å². The molecule has 0 fully saturated rings.